The summed E-state index contributed by atoms with van der Waals surface area (Å²) in [6, 6.07) is 0. The first-order valence-corrected chi connectivity index (χ1v) is 14.3. The van der Waals surface area contributed by atoms with Crippen LogP contribution in [0.15, 0.2) is 0 Å². The second-order valence-electron chi connectivity index (χ2n) is 9.01. The molecule has 0 aliphatic heterocycles. The molecule has 0 saturated heterocycles. The molecule has 0 aliphatic rings. The molecule has 32 heavy (non-hydrogen) atoms. The van der Waals surface area contributed by atoms with Crippen molar-refractivity contribution in [3.8, 4) is 0 Å². The Bertz CT molecular complexity index is 401. The molecule has 0 rings (SSSR count). The van der Waals surface area contributed by atoms with Crippen LogP contribution in [0.1, 0.15) is 110 Å². The van der Waals surface area contributed by atoms with Gasteiger partial charge < -0.3 is 28.8 Å². The van der Waals surface area contributed by atoms with E-state index >= 15 is 0 Å². The molecule has 0 aromatic heterocycles. The van der Waals surface area contributed by atoms with E-state index in [-0.39, 0.29) is 11.7 Å². The fourth-order valence-electron chi connectivity index (χ4n) is 3.67. The third kappa shape index (κ3) is 24.5. The Balaban J connectivity index is 3.63. The first-order valence-electron chi connectivity index (χ1n) is 13.2. The lowest BCUT2D eigenvalue weighted by Crippen LogP contribution is -2.79. The summed E-state index contributed by atoms with van der Waals surface area (Å²) in [7, 11) is 0.166. The third-order valence-corrected chi connectivity index (χ3v) is 6.35. The smallest absolute Gasteiger partial charge is 0.329 e. The zero-order valence-corrected chi connectivity index (χ0v) is 22.2. The van der Waals surface area contributed by atoms with Gasteiger partial charge in [0.2, 0.25) is 0 Å². The molecule has 0 fully saturated rings. The van der Waals surface area contributed by atoms with Crippen LogP contribution in [-0.4, -0.2) is 50.7 Å². The Kier molecular flexibility index (Phi) is 25.4. The van der Waals surface area contributed by atoms with E-state index in [1.165, 1.54) is 70.6 Å². The first-order chi connectivity index (χ1) is 15.6. The summed E-state index contributed by atoms with van der Waals surface area (Å²) < 4.78 is 16.6. The lowest BCUT2D eigenvalue weighted by molar-refractivity contribution is -0.627. The van der Waals surface area contributed by atoms with Gasteiger partial charge in [0.25, 0.3) is 0 Å². The molecule has 3 N–H and O–H groups in total. The first kappa shape index (κ1) is 31.9. The van der Waals surface area contributed by atoms with Crippen molar-refractivity contribution in [1.29, 1.82) is 0 Å². The van der Waals surface area contributed by atoms with Crippen LogP contribution >= 0.6 is 8.60 Å². The van der Waals surface area contributed by atoms with Crippen molar-refractivity contribution in [1.82, 2.24) is 0 Å². The van der Waals surface area contributed by atoms with Crippen LogP contribution in [0.25, 0.3) is 0 Å². The molecule has 6 nitrogen and oxygen atoms in total. The maximum absolute atomic E-state index is 11.5. The SMILES string of the molecule is CCCCCCCCCCCCCCOCC(COP(O)OCCCC[NH2+]C)CC(C)=O. The highest BCUT2D eigenvalue weighted by Crippen LogP contribution is 2.33. The molecule has 0 saturated carbocycles. The monoisotopic (exact) mass is 478 g/mol. The Hall–Kier alpha value is -0.100. The quantitative estimate of drug-likeness (QED) is 0.126. The van der Waals surface area contributed by atoms with Gasteiger partial charge in [-0.05, 0) is 26.2 Å². The number of hydrogen-bond donors (Lipinski definition) is 2. The number of unbranched alkanes of at least 4 members (excludes halogenated alkanes) is 12. The molecule has 0 aromatic rings. The molecule has 0 bridgehead atoms. The maximum atomic E-state index is 11.5. The number of Topliss-reactive ketones (excluding diaryl/α,β-unsaturated/α-hetero) is 1. The summed E-state index contributed by atoms with van der Waals surface area (Å²) in [6.07, 6.45) is 18.3. The number of ketones is 1. The molecule has 0 aromatic carbocycles. The zero-order chi connectivity index (χ0) is 23.7. The Labute approximate surface area is 199 Å². The summed E-state index contributed by atoms with van der Waals surface area (Å²) in [4.78, 5) is 21.4. The number of quaternary nitrogens is 1. The fourth-order valence-corrected chi connectivity index (χ4v) is 4.37. The van der Waals surface area contributed by atoms with E-state index in [1.54, 1.807) is 6.92 Å². The van der Waals surface area contributed by atoms with Crippen molar-refractivity contribution in [3.63, 3.8) is 0 Å². The topological polar surface area (TPSA) is 81.6 Å². The van der Waals surface area contributed by atoms with Gasteiger partial charge in [-0.2, -0.15) is 0 Å². The minimum atomic E-state index is -1.87. The molecule has 7 heteroatoms. The lowest BCUT2D eigenvalue weighted by atomic mass is 10.1. The van der Waals surface area contributed by atoms with Crippen LogP contribution in [0.2, 0.25) is 0 Å². The average molecular weight is 479 g/mol. The molecule has 0 spiro atoms. The highest BCUT2D eigenvalue weighted by Gasteiger charge is 2.16. The third-order valence-electron chi connectivity index (χ3n) is 5.58. The Morgan fingerprint density at radius 3 is 1.94 bits per heavy atom. The number of hydrogen-bond acceptors (Lipinski definition) is 5. The van der Waals surface area contributed by atoms with Gasteiger partial charge in [-0.15, -0.1) is 0 Å². The van der Waals surface area contributed by atoms with Gasteiger partial charge in [-0.3, -0.25) is 0 Å². The highest BCUT2D eigenvalue weighted by molar-refractivity contribution is 7.40. The van der Waals surface area contributed by atoms with Crippen molar-refractivity contribution in [2.75, 3.05) is 40.0 Å². The second-order valence-corrected chi connectivity index (χ2v) is 10.00. The summed E-state index contributed by atoms with van der Waals surface area (Å²) in [5.74, 6) is 0.0897. The number of ether oxygens (including phenoxy) is 1. The van der Waals surface area contributed by atoms with Crippen molar-refractivity contribution in [2.45, 2.75) is 110 Å². The summed E-state index contributed by atoms with van der Waals surface area (Å²) in [5.41, 5.74) is 0. The van der Waals surface area contributed by atoms with E-state index in [1.807, 2.05) is 7.05 Å². The average Bonchev–Trinajstić information content (AvgIpc) is 2.77. The van der Waals surface area contributed by atoms with Crippen molar-refractivity contribution in [3.05, 3.63) is 0 Å². The standard InChI is InChI=1S/C25H52NO5P/c1-4-5-6-7-8-9-10-11-12-13-14-16-19-29-22-25(21-24(2)27)23-31-32(28)30-20-17-15-18-26-3/h25-26,28H,4-23H2,1-3H3/p+1. The molecule has 0 radical (unpaired) electrons. The van der Waals surface area contributed by atoms with Crippen molar-refractivity contribution < 1.29 is 28.8 Å². The zero-order valence-electron chi connectivity index (χ0n) is 21.3. The minimum Gasteiger partial charge on any atom is -0.381 e. The highest BCUT2D eigenvalue weighted by atomic mass is 31.2. The van der Waals surface area contributed by atoms with Gasteiger partial charge >= 0.3 is 8.60 Å². The molecule has 0 heterocycles. The number of carbonyl (C=O) groups is 1. The number of carbonyl (C=O) groups excluding carboxylic acids is 1. The molecular formula is C25H53NO5P+. The Morgan fingerprint density at radius 1 is 0.812 bits per heavy atom. The molecule has 2 atom stereocenters. The number of rotatable bonds is 26. The van der Waals surface area contributed by atoms with Gasteiger partial charge in [-0.25, -0.2) is 0 Å². The van der Waals surface area contributed by atoms with Crippen molar-refractivity contribution in [2.24, 2.45) is 5.92 Å². The molecular weight excluding hydrogens is 425 g/mol. The van der Waals surface area contributed by atoms with E-state index in [2.05, 4.69) is 12.2 Å². The van der Waals surface area contributed by atoms with Crippen LogP contribution in [0, 0.1) is 5.92 Å². The number of nitrogens with two attached hydrogens (primary N) is 1. The lowest BCUT2D eigenvalue weighted by Gasteiger charge is -2.18. The fraction of sp³-hybridized carbons (Fsp3) is 0.960. The minimum absolute atomic E-state index is 0.0275. The van der Waals surface area contributed by atoms with E-state index in [0.717, 1.165) is 32.4 Å². The van der Waals surface area contributed by atoms with E-state index in [9.17, 15) is 9.69 Å². The molecule has 2 unspecified atom stereocenters. The summed E-state index contributed by atoms with van der Waals surface area (Å²) in [5, 5.41) is 2.13. The van der Waals surface area contributed by atoms with Crippen LogP contribution in [0.4, 0.5) is 0 Å². The normalized spacial score (nSPS) is 13.4. The van der Waals surface area contributed by atoms with Crippen LogP contribution in [-0.2, 0) is 18.6 Å². The van der Waals surface area contributed by atoms with Crippen LogP contribution in [0.3, 0.4) is 0 Å². The van der Waals surface area contributed by atoms with Crippen LogP contribution < -0.4 is 5.32 Å². The predicted octanol–water partition coefficient (Wildman–Crippen LogP) is 5.53. The Morgan fingerprint density at radius 2 is 1.38 bits per heavy atom. The predicted molar refractivity (Wildman–Crippen MR) is 134 cm³/mol. The van der Waals surface area contributed by atoms with E-state index < -0.39 is 8.60 Å². The molecule has 192 valence electrons. The molecule has 0 amide bonds. The van der Waals surface area contributed by atoms with Gasteiger partial charge in [-0.1, -0.05) is 77.6 Å². The van der Waals surface area contributed by atoms with Crippen LogP contribution in [0.5, 0.6) is 0 Å². The maximum Gasteiger partial charge on any atom is 0.329 e. The summed E-state index contributed by atoms with van der Waals surface area (Å²) >= 11 is 0. The van der Waals surface area contributed by atoms with Crippen molar-refractivity contribution >= 4 is 14.4 Å². The molecule has 0 aliphatic carbocycles. The largest absolute Gasteiger partial charge is 0.381 e. The second kappa shape index (κ2) is 25.5. The summed E-state index contributed by atoms with van der Waals surface area (Å²) in [6.45, 7) is 6.93. The van der Waals surface area contributed by atoms with Gasteiger partial charge in [0.15, 0.2) is 0 Å². The van der Waals surface area contributed by atoms with Gasteiger partial charge in [0, 0.05) is 18.9 Å². The van der Waals surface area contributed by atoms with E-state index in [0.29, 0.717) is 26.2 Å². The van der Waals surface area contributed by atoms with Gasteiger partial charge in [0.05, 0.1) is 33.4 Å². The van der Waals surface area contributed by atoms with E-state index in [4.69, 9.17) is 13.8 Å². The van der Waals surface area contributed by atoms with Gasteiger partial charge in [0.1, 0.15) is 5.78 Å².